The largest absolute Gasteiger partial charge is 0.380 e. The van der Waals surface area contributed by atoms with Gasteiger partial charge in [0.2, 0.25) is 0 Å². The van der Waals surface area contributed by atoms with E-state index < -0.39 is 35.8 Å². The Hall–Kier alpha value is -3.38. The van der Waals surface area contributed by atoms with Crippen LogP contribution in [0.5, 0.6) is 0 Å². The fourth-order valence-corrected chi connectivity index (χ4v) is 7.55. The average Bonchev–Trinajstić information content (AvgIpc) is 3.14. The molecule has 0 bridgehead atoms. The minimum absolute atomic E-state index is 0.0254. The summed E-state index contributed by atoms with van der Waals surface area (Å²) in [5.74, 6) is -7.94. The second-order valence-electron chi connectivity index (χ2n) is 12.7. The van der Waals surface area contributed by atoms with Crippen LogP contribution in [0.15, 0.2) is 36.8 Å². The van der Waals surface area contributed by atoms with Crippen molar-refractivity contribution in [2.24, 2.45) is 0 Å². The molecule has 3 fully saturated rings. The van der Waals surface area contributed by atoms with Crippen LogP contribution >= 0.6 is 34.8 Å². The van der Waals surface area contributed by atoms with Gasteiger partial charge in [-0.25, -0.2) is 18.7 Å². The van der Waals surface area contributed by atoms with Gasteiger partial charge in [-0.1, -0.05) is 34.8 Å². The van der Waals surface area contributed by atoms with Gasteiger partial charge < -0.3 is 34.0 Å². The lowest BCUT2D eigenvalue weighted by molar-refractivity contribution is -0.153. The van der Waals surface area contributed by atoms with Crippen molar-refractivity contribution in [2.45, 2.75) is 42.5 Å². The van der Waals surface area contributed by atoms with Crippen LogP contribution in [0, 0.1) is 0 Å². The van der Waals surface area contributed by atoms with Crippen LogP contribution in [-0.4, -0.2) is 121 Å². The van der Waals surface area contributed by atoms with Crippen molar-refractivity contribution in [2.75, 3.05) is 74.0 Å². The maximum Gasteiger partial charge on any atom is 0.333 e. The van der Waals surface area contributed by atoms with E-state index in [0.717, 1.165) is 12.2 Å². The van der Waals surface area contributed by atoms with E-state index in [1.807, 2.05) is 6.07 Å². The van der Waals surface area contributed by atoms with Crippen molar-refractivity contribution in [1.82, 2.24) is 15.0 Å². The number of aromatic nitrogens is 3. The molecule has 52 heavy (non-hydrogen) atoms. The molecule has 9 rings (SSSR count). The molecule has 278 valence electrons. The molecular formula is C33H31Cl3F4N6O6. The Morgan fingerprint density at radius 1 is 0.692 bits per heavy atom. The number of morpholine rings is 3. The highest BCUT2D eigenvalue weighted by molar-refractivity contribution is 6.31. The van der Waals surface area contributed by atoms with Gasteiger partial charge in [0.15, 0.2) is 11.9 Å². The van der Waals surface area contributed by atoms with Crippen molar-refractivity contribution in [1.29, 1.82) is 0 Å². The van der Waals surface area contributed by atoms with Gasteiger partial charge in [0.05, 0.1) is 83.5 Å². The van der Waals surface area contributed by atoms with Gasteiger partial charge in [-0.05, 0) is 18.2 Å². The number of hydrogen-bond acceptors (Lipinski definition) is 12. The molecule has 3 saturated heterocycles. The monoisotopic (exact) mass is 788 g/mol. The minimum Gasteiger partial charge on any atom is -0.380 e. The van der Waals surface area contributed by atoms with Gasteiger partial charge in [-0.15, -0.1) is 0 Å². The highest BCUT2D eigenvalue weighted by Gasteiger charge is 2.57. The summed E-state index contributed by atoms with van der Waals surface area (Å²) in [6.45, 7) is 3.15. The zero-order chi connectivity index (χ0) is 36.9. The number of aliphatic hydroxyl groups excluding tert-OH is 1. The van der Waals surface area contributed by atoms with Crippen LogP contribution in [-0.2, 0) is 14.2 Å². The number of carbonyl (C=O) groups is 2. The molecule has 0 saturated carbocycles. The second-order valence-corrected chi connectivity index (χ2v) is 14.1. The number of pyridine rings is 3. The first kappa shape index (κ1) is 37.0. The fourth-order valence-electron chi connectivity index (χ4n) is 7.09. The first-order valence-corrected chi connectivity index (χ1v) is 17.4. The third-order valence-corrected chi connectivity index (χ3v) is 10.3. The maximum absolute atomic E-state index is 14.1. The van der Waals surface area contributed by atoms with Crippen molar-refractivity contribution < 1.29 is 46.5 Å². The van der Waals surface area contributed by atoms with Gasteiger partial charge in [-0.2, -0.15) is 8.78 Å². The van der Waals surface area contributed by atoms with Crippen LogP contribution in [0.2, 0.25) is 15.1 Å². The lowest BCUT2D eigenvalue weighted by Gasteiger charge is -2.47. The number of hydrogen-bond donors (Lipinski definition) is 1. The molecule has 0 amide bonds. The molecule has 19 heteroatoms. The lowest BCUT2D eigenvalue weighted by Crippen LogP contribution is -2.61. The average molecular weight is 790 g/mol. The summed E-state index contributed by atoms with van der Waals surface area (Å²) in [5, 5.41) is 11.0. The van der Waals surface area contributed by atoms with Gasteiger partial charge >= 0.3 is 11.8 Å². The smallest absolute Gasteiger partial charge is 0.333 e. The quantitative estimate of drug-likeness (QED) is 0.311. The number of halogens is 7. The van der Waals surface area contributed by atoms with E-state index in [2.05, 4.69) is 19.9 Å². The van der Waals surface area contributed by atoms with E-state index in [9.17, 15) is 32.3 Å². The van der Waals surface area contributed by atoms with Gasteiger partial charge in [0.25, 0.3) is 5.78 Å². The Balaban J connectivity index is 0.000000122. The summed E-state index contributed by atoms with van der Waals surface area (Å²) in [6, 6.07) is 2.57. The first-order valence-electron chi connectivity index (χ1n) is 16.3. The highest BCUT2D eigenvalue weighted by Crippen LogP contribution is 2.47. The van der Waals surface area contributed by atoms with E-state index in [-0.39, 0.29) is 36.4 Å². The predicted molar refractivity (Wildman–Crippen MR) is 182 cm³/mol. The summed E-state index contributed by atoms with van der Waals surface area (Å²) in [6.07, 6.45) is 2.56. The summed E-state index contributed by atoms with van der Waals surface area (Å²) in [7, 11) is 0. The number of ketones is 2. The Labute approximate surface area is 309 Å². The van der Waals surface area contributed by atoms with Crippen LogP contribution in [0.3, 0.4) is 0 Å². The molecule has 4 atom stereocenters. The summed E-state index contributed by atoms with van der Waals surface area (Å²) >= 11 is 17.6. The predicted octanol–water partition coefficient (Wildman–Crippen LogP) is 4.92. The third-order valence-electron chi connectivity index (χ3n) is 9.63. The van der Waals surface area contributed by atoms with Crippen molar-refractivity contribution in [3.63, 3.8) is 0 Å². The highest BCUT2D eigenvalue weighted by atomic mass is 35.5. The summed E-state index contributed by atoms with van der Waals surface area (Å²) in [4.78, 5) is 40.5. The molecule has 6 aliphatic heterocycles. The first-order chi connectivity index (χ1) is 24.8. The molecule has 1 N–H and O–H groups in total. The molecule has 3 aromatic heterocycles. The van der Waals surface area contributed by atoms with Crippen LogP contribution in [0.1, 0.15) is 39.2 Å². The zero-order valence-electron chi connectivity index (χ0n) is 27.2. The number of alkyl halides is 4. The normalized spacial score (nSPS) is 26.5. The topological polar surface area (TPSA) is 130 Å². The number of nitrogens with zero attached hydrogens (tertiary/aromatic N) is 6. The number of ether oxygens (including phenoxy) is 3. The standard InChI is InChI=1S/C11H11ClF2N2O2.C11H9ClF2N2O2.C11H11ClN2O2/c2*12-6-3-7-9(15-4-6)10(17)11(13,14)8-5-18-2-1-16(7)8;12-7-3-9-11(13-5-7)10(15)4-8-6-16-2-1-14(8)9/h3-4,8,10,17H,1-2,5H2;3-4,8H,1-2,5H2;3,5,8H,1-2,4,6H2. The van der Waals surface area contributed by atoms with Crippen LogP contribution in [0.4, 0.5) is 34.6 Å². The summed E-state index contributed by atoms with van der Waals surface area (Å²) in [5.41, 5.74) is 1.99. The molecule has 3 aromatic rings. The van der Waals surface area contributed by atoms with E-state index in [0.29, 0.717) is 78.1 Å². The van der Waals surface area contributed by atoms with E-state index >= 15 is 0 Å². The van der Waals surface area contributed by atoms with E-state index in [1.165, 1.54) is 34.5 Å². The molecule has 4 unspecified atom stereocenters. The SMILES string of the molecule is O=C1CC2COCCN2c2cc(Cl)cnc21.O=C1c2ncc(Cl)cc2N2CCOCC2C1(F)F.OC1c2ncc(Cl)cc2N2CCOCC2C1(F)F. The lowest BCUT2D eigenvalue weighted by atomic mass is 9.92. The fraction of sp³-hybridized carbons (Fsp3) is 0.485. The summed E-state index contributed by atoms with van der Waals surface area (Å²) < 4.78 is 71.6. The molecular weight excluding hydrogens is 759 g/mol. The minimum atomic E-state index is -3.48. The Morgan fingerprint density at radius 2 is 1.19 bits per heavy atom. The van der Waals surface area contributed by atoms with Gasteiger partial charge in [-0.3, -0.25) is 14.6 Å². The number of Topliss-reactive ketones (excluding diaryl/α,β-unsaturated/α-hetero) is 2. The molecule has 6 aliphatic rings. The van der Waals surface area contributed by atoms with Crippen molar-refractivity contribution in [3.8, 4) is 0 Å². The van der Waals surface area contributed by atoms with Crippen LogP contribution in [0.25, 0.3) is 0 Å². The number of rotatable bonds is 0. The Bertz CT molecular complexity index is 1880. The number of carbonyl (C=O) groups excluding carboxylic acids is 2. The van der Waals surface area contributed by atoms with Gasteiger partial charge in [0.1, 0.15) is 23.5 Å². The number of aliphatic hydroxyl groups is 1. The van der Waals surface area contributed by atoms with E-state index in [4.69, 9.17) is 49.0 Å². The third kappa shape index (κ3) is 6.67. The Kier molecular flexibility index (Phi) is 10.3. The van der Waals surface area contributed by atoms with Crippen molar-refractivity contribution >= 4 is 63.4 Å². The Morgan fingerprint density at radius 3 is 1.85 bits per heavy atom. The molecule has 0 aliphatic carbocycles. The molecule has 0 aromatic carbocycles. The zero-order valence-corrected chi connectivity index (χ0v) is 29.4. The van der Waals surface area contributed by atoms with E-state index in [1.54, 1.807) is 6.07 Å². The molecule has 9 heterocycles. The molecule has 0 radical (unpaired) electrons. The second kappa shape index (κ2) is 14.5. The maximum atomic E-state index is 14.1. The van der Waals surface area contributed by atoms with Crippen LogP contribution < -0.4 is 14.7 Å². The molecule has 0 spiro atoms. The number of anilines is 3. The number of fused-ring (bicyclic) bond motifs is 9. The molecule has 12 nitrogen and oxygen atoms in total. The van der Waals surface area contributed by atoms with Crippen molar-refractivity contribution in [3.05, 3.63) is 68.9 Å². The van der Waals surface area contributed by atoms with Gasteiger partial charge in [0, 0.05) is 44.6 Å².